The van der Waals surface area contributed by atoms with Crippen LogP contribution in [0.1, 0.15) is 31.9 Å². The highest BCUT2D eigenvalue weighted by atomic mass is 35.5. The Morgan fingerprint density at radius 1 is 1.45 bits per heavy atom. The van der Waals surface area contributed by atoms with Crippen molar-refractivity contribution < 1.29 is 9.59 Å². The lowest BCUT2D eigenvalue weighted by Gasteiger charge is -2.30. The molecule has 1 saturated heterocycles. The van der Waals surface area contributed by atoms with Gasteiger partial charge in [0.1, 0.15) is 0 Å². The normalized spacial score (nSPS) is 22.1. The summed E-state index contributed by atoms with van der Waals surface area (Å²) in [4.78, 5) is 32.7. The van der Waals surface area contributed by atoms with E-state index in [0.717, 1.165) is 36.1 Å². The number of benzene rings is 1. The van der Waals surface area contributed by atoms with Crippen molar-refractivity contribution in [1.29, 1.82) is 0 Å². The fourth-order valence-corrected chi connectivity index (χ4v) is 5.67. The van der Waals surface area contributed by atoms with E-state index in [-0.39, 0.29) is 18.2 Å². The molecular weight excluding hydrogens is 428 g/mol. The van der Waals surface area contributed by atoms with E-state index in [1.807, 2.05) is 11.4 Å². The number of hydrogen-bond acceptors (Lipinski definition) is 6. The molecule has 1 fully saturated rings. The topological polar surface area (TPSA) is 74.3 Å². The molecule has 0 aliphatic carbocycles. The number of amides is 2. The SMILES string of the molecule is CC1CCCN(Cc2csc(NC(=O)CC3Sc4ccc(Cl)cc4NC3=O)n2)C1. The summed E-state index contributed by atoms with van der Waals surface area (Å²) in [7, 11) is 0. The Morgan fingerprint density at radius 3 is 3.14 bits per heavy atom. The molecule has 0 radical (unpaired) electrons. The predicted molar refractivity (Wildman–Crippen MR) is 119 cm³/mol. The highest BCUT2D eigenvalue weighted by Gasteiger charge is 2.29. The molecule has 3 heterocycles. The van der Waals surface area contributed by atoms with E-state index in [0.29, 0.717) is 15.8 Å². The maximum absolute atomic E-state index is 12.5. The number of nitrogens with zero attached hydrogens (tertiary/aromatic N) is 2. The summed E-state index contributed by atoms with van der Waals surface area (Å²) in [5.41, 5.74) is 1.68. The lowest BCUT2D eigenvalue weighted by molar-refractivity contribution is -0.120. The molecule has 2 amide bonds. The van der Waals surface area contributed by atoms with Crippen LogP contribution in [0.3, 0.4) is 0 Å². The maximum atomic E-state index is 12.5. The van der Waals surface area contributed by atoms with Crippen molar-refractivity contribution in [2.24, 2.45) is 5.92 Å². The Kier molecular flexibility index (Phi) is 6.44. The molecule has 2 aliphatic heterocycles. The molecule has 0 spiro atoms. The number of anilines is 2. The van der Waals surface area contributed by atoms with Gasteiger partial charge in [0.25, 0.3) is 0 Å². The summed E-state index contributed by atoms with van der Waals surface area (Å²) < 4.78 is 0. The van der Waals surface area contributed by atoms with E-state index < -0.39 is 5.25 Å². The molecule has 6 nitrogen and oxygen atoms in total. The van der Waals surface area contributed by atoms with Crippen LogP contribution in [0.15, 0.2) is 28.5 Å². The second-order valence-corrected chi connectivity index (χ2v) is 10.2. The molecule has 2 unspecified atom stereocenters. The lowest BCUT2D eigenvalue weighted by atomic mass is 10.0. The van der Waals surface area contributed by atoms with Crippen LogP contribution in [0.4, 0.5) is 10.8 Å². The zero-order valence-electron chi connectivity index (χ0n) is 16.1. The van der Waals surface area contributed by atoms with Crippen molar-refractivity contribution in [3.63, 3.8) is 0 Å². The molecule has 29 heavy (non-hydrogen) atoms. The number of thiazole rings is 1. The van der Waals surface area contributed by atoms with Gasteiger partial charge in [0.2, 0.25) is 11.8 Å². The number of thioether (sulfide) groups is 1. The molecule has 2 atom stereocenters. The number of carbonyl (C=O) groups excluding carboxylic acids is 2. The van der Waals surface area contributed by atoms with Crippen LogP contribution in [-0.4, -0.2) is 40.0 Å². The standard InChI is InChI=1S/C20H23ClN4O2S2/c1-12-3-2-6-25(9-12)10-14-11-28-20(22-14)24-18(26)8-17-19(27)23-15-7-13(21)4-5-16(15)29-17/h4-5,7,11-12,17H,2-3,6,8-10H2,1H3,(H,23,27)(H,22,24,26). The fourth-order valence-electron chi connectivity index (χ4n) is 3.69. The Morgan fingerprint density at radius 2 is 2.31 bits per heavy atom. The first-order valence-electron chi connectivity index (χ1n) is 9.70. The predicted octanol–water partition coefficient (Wildman–Crippen LogP) is 4.47. The molecule has 0 bridgehead atoms. The number of hydrogen-bond donors (Lipinski definition) is 2. The first-order valence-corrected chi connectivity index (χ1v) is 11.8. The average Bonchev–Trinajstić information content (AvgIpc) is 3.09. The number of likely N-dealkylation sites (tertiary alicyclic amines) is 1. The average molecular weight is 451 g/mol. The summed E-state index contributed by atoms with van der Waals surface area (Å²) in [6.45, 7) is 5.30. The molecule has 1 aromatic heterocycles. The van der Waals surface area contributed by atoms with Gasteiger partial charge in [0.15, 0.2) is 5.13 Å². The minimum atomic E-state index is -0.474. The van der Waals surface area contributed by atoms with Crippen molar-refractivity contribution >= 4 is 57.3 Å². The smallest absolute Gasteiger partial charge is 0.238 e. The summed E-state index contributed by atoms with van der Waals surface area (Å²) in [5.74, 6) is 0.336. The van der Waals surface area contributed by atoms with Gasteiger partial charge in [-0.1, -0.05) is 18.5 Å². The molecule has 1 aromatic carbocycles. The lowest BCUT2D eigenvalue weighted by Crippen LogP contribution is -2.33. The van der Waals surface area contributed by atoms with Gasteiger partial charge in [-0.05, 0) is 43.5 Å². The van der Waals surface area contributed by atoms with Crippen molar-refractivity contribution in [1.82, 2.24) is 9.88 Å². The largest absolute Gasteiger partial charge is 0.324 e. The minimum Gasteiger partial charge on any atom is -0.324 e. The van der Waals surface area contributed by atoms with Crippen LogP contribution >= 0.6 is 34.7 Å². The van der Waals surface area contributed by atoms with E-state index >= 15 is 0 Å². The first kappa shape index (κ1) is 20.7. The van der Waals surface area contributed by atoms with Gasteiger partial charge in [-0.2, -0.15) is 0 Å². The number of halogens is 1. The number of rotatable bonds is 5. The van der Waals surface area contributed by atoms with Crippen LogP contribution in [-0.2, 0) is 16.1 Å². The van der Waals surface area contributed by atoms with Crippen molar-refractivity contribution in [2.45, 2.75) is 42.9 Å². The quantitative estimate of drug-likeness (QED) is 0.702. The van der Waals surface area contributed by atoms with Crippen LogP contribution in [0.5, 0.6) is 0 Å². The van der Waals surface area contributed by atoms with E-state index in [9.17, 15) is 9.59 Å². The number of fused-ring (bicyclic) bond motifs is 1. The highest BCUT2D eigenvalue weighted by molar-refractivity contribution is 8.01. The van der Waals surface area contributed by atoms with Crippen LogP contribution in [0.2, 0.25) is 5.02 Å². The summed E-state index contributed by atoms with van der Waals surface area (Å²) in [6, 6.07) is 5.36. The van der Waals surface area contributed by atoms with Crippen LogP contribution in [0.25, 0.3) is 0 Å². The van der Waals surface area contributed by atoms with Gasteiger partial charge in [-0.25, -0.2) is 4.98 Å². The molecule has 2 aliphatic rings. The molecule has 4 rings (SSSR count). The molecular formula is C20H23ClN4O2S2. The van der Waals surface area contributed by atoms with Crippen molar-refractivity contribution in [2.75, 3.05) is 23.7 Å². The zero-order chi connectivity index (χ0) is 20.4. The maximum Gasteiger partial charge on any atom is 0.238 e. The molecule has 2 aromatic rings. The van der Waals surface area contributed by atoms with Crippen LogP contribution in [0, 0.1) is 5.92 Å². The summed E-state index contributed by atoms with van der Waals surface area (Å²) in [5, 5.41) is 8.35. The van der Waals surface area contributed by atoms with E-state index in [1.165, 1.54) is 35.9 Å². The molecule has 154 valence electrons. The Hall–Kier alpha value is -1.61. The molecule has 9 heteroatoms. The van der Waals surface area contributed by atoms with Gasteiger partial charge in [0.05, 0.1) is 16.6 Å². The summed E-state index contributed by atoms with van der Waals surface area (Å²) in [6.07, 6.45) is 2.61. The molecule has 0 saturated carbocycles. The number of aromatic nitrogens is 1. The van der Waals surface area contributed by atoms with Gasteiger partial charge < -0.3 is 10.6 Å². The highest BCUT2D eigenvalue weighted by Crippen LogP contribution is 2.38. The number of carbonyl (C=O) groups is 2. The first-order chi connectivity index (χ1) is 14.0. The van der Waals surface area contributed by atoms with Crippen LogP contribution < -0.4 is 10.6 Å². The van der Waals surface area contributed by atoms with Gasteiger partial charge in [0, 0.05) is 34.8 Å². The Balaban J connectivity index is 1.31. The van der Waals surface area contributed by atoms with Gasteiger partial charge in [-0.3, -0.25) is 14.5 Å². The third-order valence-corrected chi connectivity index (χ3v) is 7.37. The van der Waals surface area contributed by atoms with Gasteiger partial charge >= 0.3 is 0 Å². The molecule has 2 N–H and O–H groups in total. The number of nitrogens with one attached hydrogen (secondary N) is 2. The fraction of sp³-hybridized carbons (Fsp3) is 0.450. The van der Waals surface area contributed by atoms with Crippen molar-refractivity contribution in [3.8, 4) is 0 Å². The van der Waals surface area contributed by atoms with Crippen molar-refractivity contribution in [3.05, 3.63) is 34.3 Å². The van der Waals surface area contributed by atoms with E-state index in [1.54, 1.807) is 12.1 Å². The van der Waals surface area contributed by atoms with E-state index in [2.05, 4.69) is 27.4 Å². The summed E-state index contributed by atoms with van der Waals surface area (Å²) >= 11 is 8.79. The van der Waals surface area contributed by atoms with E-state index in [4.69, 9.17) is 11.6 Å². The zero-order valence-corrected chi connectivity index (χ0v) is 18.5. The second kappa shape index (κ2) is 9.04. The monoisotopic (exact) mass is 450 g/mol. The third kappa shape index (κ3) is 5.31. The minimum absolute atomic E-state index is 0.0944. The van der Waals surface area contributed by atoms with Gasteiger partial charge in [-0.15, -0.1) is 23.1 Å². The Bertz CT molecular complexity index is 920. The Labute approximate surface area is 183 Å². The second-order valence-electron chi connectivity index (χ2n) is 7.62. The third-order valence-electron chi connectivity index (χ3n) is 5.06. The number of piperidine rings is 1.